The van der Waals surface area contributed by atoms with Gasteiger partial charge in [0.1, 0.15) is 17.6 Å². The summed E-state index contributed by atoms with van der Waals surface area (Å²) in [4.78, 5) is 16.6. The predicted molar refractivity (Wildman–Crippen MR) is 125 cm³/mol. The minimum absolute atomic E-state index is 0.0535. The fourth-order valence-corrected chi connectivity index (χ4v) is 2.83. The lowest BCUT2D eigenvalue weighted by Gasteiger charge is -2.18. The Kier molecular flexibility index (Phi) is 9.68. The van der Waals surface area contributed by atoms with E-state index in [1.807, 2.05) is 69.3 Å². The summed E-state index contributed by atoms with van der Waals surface area (Å²) in [7, 11) is 3.35. The molecule has 0 spiro atoms. The number of benzene rings is 2. The third kappa shape index (κ3) is 8.20. The van der Waals surface area contributed by atoms with Crippen LogP contribution in [0.15, 0.2) is 53.5 Å². The van der Waals surface area contributed by atoms with Crippen LogP contribution < -0.4 is 25.4 Å². The fraction of sp³-hybridized carbons (Fsp3) is 0.417. The number of amides is 1. The number of hydrogen-bond acceptors (Lipinski definition) is 4. The molecule has 7 nitrogen and oxygen atoms in total. The zero-order valence-corrected chi connectivity index (χ0v) is 19.1. The van der Waals surface area contributed by atoms with Gasteiger partial charge in [0.05, 0.1) is 13.7 Å². The Labute approximate surface area is 185 Å². The summed E-state index contributed by atoms with van der Waals surface area (Å²) in [5, 5.41) is 9.53. The summed E-state index contributed by atoms with van der Waals surface area (Å²) in [5.74, 6) is 2.12. The minimum atomic E-state index is -0.0711. The number of hydrogen-bond donors (Lipinski definition) is 3. The molecule has 0 saturated carbocycles. The standard InChI is InChI=1S/C24H34N4O3/c1-6-17(2)28-23(29)20-10-7-9-19(13-20)16-27-24(25-4)26-15-18(3)31-22-12-8-11-21(14-22)30-5/h7-14,17-18H,6,15-16H2,1-5H3,(H,28,29)(H2,25,26,27). The van der Waals surface area contributed by atoms with Crippen molar-refractivity contribution in [3.63, 3.8) is 0 Å². The first kappa shape index (κ1) is 24.1. The van der Waals surface area contributed by atoms with Crippen LogP contribution in [0.5, 0.6) is 11.5 Å². The van der Waals surface area contributed by atoms with Gasteiger partial charge in [-0.2, -0.15) is 0 Å². The number of guanidine groups is 1. The van der Waals surface area contributed by atoms with Crippen molar-refractivity contribution in [2.45, 2.75) is 45.9 Å². The zero-order valence-electron chi connectivity index (χ0n) is 19.1. The molecule has 1 amide bonds. The van der Waals surface area contributed by atoms with Crippen LogP contribution in [-0.2, 0) is 6.54 Å². The molecule has 0 bridgehead atoms. The highest BCUT2D eigenvalue weighted by atomic mass is 16.5. The van der Waals surface area contributed by atoms with Gasteiger partial charge in [-0.15, -0.1) is 0 Å². The maximum absolute atomic E-state index is 12.3. The van der Waals surface area contributed by atoms with Gasteiger partial charge in [0.2, 0.25) is 0 Å². The average Bonchev–Trinajstić information content (AvgIpc) is 2.79. The highest BCUT2D eigenvalue weighted by molar-refractivity contribution is 5.94. The van der Waals surface area contributed by atoms with Gasteiger partial charge >= 0.3 is 0 Å². The summed E-state index contributed by atoms with van der Waals surface area (Å²) in [6.45, 7) is 7.16. The van der Waals surface area contributed by atoms with Crippen LogP contribution in [0.25, 0.3) is 0 Å². The lowest BCUT2D eigenvalue weighted by atomic mass is 10.1. The molecule has 0 aliphatic heterocycles. The number of carbonyl (C=O) groups is 1. The third-order valence-corrected chi connectivity index (χ3v) is 4.80. The third-order valence-electron chi connectivity index (χ3n) is 4.80. The molecule has 3 N–H and O–H groups in total. The second-order valence-corrected chi connectivity index (χ2v) is 7.40. The SMILES string of the molecule is CCC(C)NC(=O)c1cccc(CNC(=NC)NCC(C)Oc2cccc(OC)c2)c1. The van der Waals surface area contributed by atoms with E-state index in [9.17, 15) is 4.79 Å². The van der Waals surface area contributed by atoms with E-state index >= 15 is 0 Å². The van der Waals surface area contributed by atoms with E-state index in [0.717, 1.165) is 23.5 Å². The van der Waals surface area contributed by atoms with Crippen LogP contribution in [0, 0.1) is 0 Å². The monoisotopic (exact) mass is 426 g/mol. The Morgan fingerprint density at radius 3 is 2.52 bits per heavy atom. The molecular weight excluding hydrogens is 392 g/mol. The van der Waals surface area contributed by atoms with Crippen LogP contribution in [0.2, 0.25) is 0 Å². The van der Waals surface area contributed by atoms with E-state index in [1.165, 1.54) is 0 Å². The molecule has 31 heavy (non-hydrogen) atoms. The summed E-state index contributed by atoms with van der Waals surface area (Å²) in [6, 6.07) is 15.3. The number of methoxy groups -OCH3 is 1. The molecule has 0 heterocycles. The van der Waals surface area contributed by atoms with Crippen molar-refractivity contribution in [3.05, 3.63) is 59.7 Å². The molecule has 0 aliphatic rings. The Morgan fingerprint density at radius 1 is 1.06 bits per heavy atom. The summed E-state index contributed by atoms with van der Waals surface area (Å²) in [6.07, 6.45) is 0.827. The van der Waals surface area contributed by atoms with Crippen molar-refractivity contribution in [2.24, 2.45) is 4.99 Å². The Balaban J connectivity index is 1.84. The molecule has 2 rings (SSSR count). The second kappa shape index (κ2) is 12.5. The van der Waals surface area contributed by atoms with E-state index in [2.05, 4.69) is 20.9 Å². The summed E-state index contributed by atoms with van der Waals surface area (Å²) in [5.41, 5.74) is 1.66. The quantitative estimate of drug-likeness (QED) is 0.401. The first-order valence-electron chi connectivity index (χ1n) is 10.6. The highest BCUT2D eigenvalue weighted by Gasteiger charge is 2.10. The number of nitrogens with one attached hydrogen (secondary N) is 3. The Bertz CT molecular complexity index is 869. The fourth-order valence-electron chi connectivity index (χ4n) is 2.83. The van der Waals surface area contributed by atoms with Crippen LogP contribution in [0.1, 0.15) is 43.1 Å². The van der Waals surface area contributed by atoms with E-state index in [4.69, 9.17) is 9.47 Å². The molecule has 0 fully saturated rings. The number of rotatable bonds is 10. The number of aliphatic imine (C=N–C) groups is 1. The maximum atomic E-state index is 12.3. The molecule has 2 aromatic rings. The van der Waals surface area contributed by atoms with Crippen molar-refractivity contribution >= 4 is 11.9 Å². The van der Waals surface area contributed by atoms with Gasteiger partial charge in [0.15, 0.2) is 5.96 Å². The molecule has 0 aliphatic carbocycles. The Morgan fingerprint density at radius 2 is 1.81 bits per heavy atom. The van der Waals surface area contributed by atoms with Crippen molar-refractivity contribution in [2.75, 3.05) is 20.7 Å². The van der Waals surface area contributed by atoms with Crippen molar-refractivity contribution < 1.29 is 14.3 Å². The normalized spacial score (nSPS) is 13.1. The van der Waals surface area contributed by atoms with Crippen LogP contribution in [0.4, 0.5) is 0 Å². The smallest absolute Gasteiger partial charge is 0.251 e. The van der Waals surface area contributed by atoms with E-state index in [0.29, 0.717) is 24.6 Å². The summed E-state index contributed by atoms with van der Waals surface area (Å²) >= 11 is 0. The lowest BCUT2D eigenvalue weighted by Crippen LogP contribution is -2.41. The summed E-state index contributed by atoms with van der Waals surface area (Å²) < 4.78 is 11.2. The molecule has 0 aromatic heterocycles. The Hall–Kier alpha value is -3.22. The number of nitrogens with zero attached hydrogens (tertiary/aromatic N) is 1. The molecular formula is C24H34N4O3. The first-order chi connectivity index (χ1) is 14.9. The van der Waals surface area contributed by atoms with Crippen LogP contribution >= 0.6 is 0 Å². The molecule has 0 saturated heterocycles. The highest BCUT2D eigenvalue weighted by Crippen LogP contribution is 2.19. The molecule has 2 unspecified atom stereocenters. The zero-order chi connectivity index (χ0) is 22.6. The van der Waals surface area contributed by atoms with Gasteiger partial charge < -0.3 is 25.4 Å². The molecule has 7 heteroatoms. The van der Waals surface area contributed by atoms with Crippen LogP contribution in [0.3, 0.4) is 0 Å². The van der Waals surface area contributed by atoms with Crippen molar-refractivity contribution in [1.82, 2.24) is 16.0 Å². The van der Waals surface area contributed by atoms with Crippen molar-refractivity contribution in [1.29, 1.82) is 0 Å². The van der Waals surface area contributed by atoms with Crippen LogP contribution in [-0.4, -0.2) is 44.7 Å². The average molecular weight is 427 g/mol. The molecule has 2 aromatic carbocycles. The minimum Gasteiger partial charge on any atom is -0.497 e. The molecule has 2 atom stereocenters. The maximum Gasteiger partial charge on any atom is 0.251 e. The van der Waals surface area contributed by atoms with E-state index in [1.54, 1.807) is 14.2 Å². The van der Waals surface area contributed by atoms with Gasteiger partial charge in [-0.1, -0.05) is 25.1 Å². The predicted octanol–water partition coefficient (Wildman–Crippen LogP) is 3.36. The van der Waals surface area contributed by atoms with Gasteiger partial charge in [0, 0.05) is 31.3 Å². The lowest BCUT2D eigenvalue weighted by molar-refractivity contribution is 0.0939. The van der Waals surface area contributed by atoms with Gasteiger partial charge in [-0.3, -0.25) is 9.79 Å². The largest absolute Gasteiger partial charge is 0.497 e. The molecule has 0 radical (unpaired) electrons. The topological polar surface area (TPSA) is 84.0 Å². The number of ether oxygens (including phenoxy) is 2. The van der Waals surface area contributed by atoms with E-state index < -0.39 is 0 Å². The molecule has 168 valence electrons. The van der Waals surface area contributed by atoms with Gasteiger partial charge in [0.25, 0.3) is 5.91 Å². The second-order valence-electron chi connectivity index (χ2n) is 7.40. The van der Waals surface area contributed by atoms with Gasteiger partial charge in [-0.05, 0) is 50.1 Å². The van der Waals surface area contributed by atoms with E-state index in [-0.39, 0.29) is 18.1 Å². The van der Waals surface area contributed by atoms with Crippen molar-refractivity contribution in [3.8, 4) is 11.5 Å². The van der Waals surface area contributed by atoms with Gasteiger partial charge in [-0.25, -0.2) is 0 Å². The first-order valence-corrected chi connectivity index (χ1v) is 10.6. The number of carbonyl (C=O) groups excluding carboxylic acids is 1.